The molecule has 2 aliphatic rings. The van der Waals surface area contributed by atoms with Gasteiger partial charge in [0.1, 0.15) is 0 Å². The third kappa shape index (κ3) is 3.65. The average Bonchev–Trinajstić information content (AvgIpc) is 3.30. The van der Waals surface area contributed by atoms with Gasteiger partial charge in [-0.3, -0.25) is 9.78 Å². The number of benzene rings is 1. The zero-order chi connectivity index (χ0) is 17.9. The number of rotatable bonds is 5. The maximum absolute atomic E-state index is 13.1. The highest BCUT2D eigenvalue weighted by Gasteiger charge is 2.31. The van der Waals surface area contributed by atoms with Crippen molar-refractivity contribution < 1.29 is 14.3 Å². The van der Waals surface area contributed by atoms with Crippen LogP contribution in [0.1, 0.15) is 30.4 Å². The Bertz CT molecular complexity index is 781. The van der Waals surface area contributed by atoms with Crippen molar-refractivity contribution in [1.29, 1.82) is 0 Å². The van der Waals surface area contributed by atoms with Gasteiger partial charge in [-0.05, 0) is 48.6 Å². The molecule has 136 valence electrons. The Balaban J connectivity index is 1.54. The van der Waals surface area contributed by atoms with Crippen molar-refractivity contribution in [2.24, 2.45) is 11.7 Å². The van der Waals surface area contributed by atoms with E-state index < -0.39 is 0 Å². The molecular formula is C20H23N3O3. The van der Waals surface area contributed by atoms with E-state index in [0.717, 1.165) is 41.9 Å². The molecule has 1 aliphatic carbocycles. The molecule has 1 aromatic carbocycles. The van der Waals surface area contributed by atoms with E-state index in [-0.39, 0.29) is 24.7 Å². The third-order valence-corrected chi connectivity index (χ3v) is 5.04. The quantitative estimate of drug-likeness (QED) is 0.893. The minimum absolute atomic E-state index is 0.00989. The molecule has 1 saturated carbocycles. The highest BCUT2D eigenvalue weighted by molar-refractivity contribution is 5.79. The summed E-state index contributed by atoms with van der Waals surface area (Å²) in [6.07, 6.45) is 6.10. The number of hydrogen-bond acceptors (Lipinski definition) is 5. The largest absolute Gasteiger partial charge is 0.454 e. The van der Waals surface area contributed by atoms with E-state index in [1.165, 1.54) is 0 Å². The summed E-state index contributed by atoms with van der Waals surface area (Å²) in [5.74, 6) is 1.66. The molecule has 2 heterocycles. The van der Waals surface area contributed by atoms with Crippen LogP contribution < -0.4 is 15.2 Å². The number of carbonyl (C=O) groups excluding carboxylic acids is 1. The lowest BCUT2D eigenvalue weighted by molar-refractivity contribution is -0.136. The van der Waals surface area contributed by atoms with E-state index in [1.54, 1.807) is 12.4 Å². The monoisotopic (exact) mass is 353 g/mol. The number of amides is 1. The van der Waals surface area contributed by atoms with Crippen LogP contribution in [0, 0.1) is 5.92 Å². The van der Waals surface area contributed by atoms with Gasteiger partial charge in [-0.1, -0.05) is 12.1 Å². The third-order valence-electron chi connectivity index (χ3n) is 5.04. The van der Waals surface area contributed by atoms with E-state index in [2.05, 4.69) is 4.98 Å². The highest BCUT2D eigenvalue weighted by Crippen LogP contribution is 2.33. The van der Waals surface area contributed by atoms with Gasteiger partial charge in [0.15, 0.2) is 11.5 Å². The fraction of sp³-hybridized carbons (Fsp3) is 0.400. The summed E-state index contributed by atoms with van der Waals surface area (Å²) in [6.45, 7) is 1.31. The minimum atomic E-state index is 0.00989. The van der Waals surface area contributed by atoms with Crippen LogP contribution in [0.5, 0.6) is 11.5 Å². The summed E-state index contributed by atoms with van der Waals surface area (Å²) >= 11 is 0. The Morgan fingerprint density at radius 1 is 1.15 bits per heavy atom. The summed E-state index contributed by atoms with van der Waals surface area (Å²) < 4.78 is 10.8. The Kier molecular flexibility index (Phi) is 4.75. The molecule has 26 heavy (non-hydrogen) atoms. The lowest BCUT2D eigenvalue weighted by atomic mass is 10.0. The lowest BCUT2D eigenvalue weighted by Gasteiger charge is -2.26. The van der Waals surface area contributed by atoms with Crippen LogP contribution in [0.15, 0.2) is 42.7 Å². The van der Waals surface area contributed by atoms with Gasteiger partial charge in [0.2, 0.25) is 12.7 Å². The van der Waals surface area contributed by atoms with Crippen LogP contribution in [0.4, 0.5) is 0 Å². The van der Waals surface area contributed by atoms with Crippen LogP contribution >= 0.6 is 0 Å². The van der Waals surface area contributed by atoms with Crippen LogP contribution in [0.25, 0.3) is 0 Å². The Labute approximate surface area is 152 Å². The van der Waals surface area contributed by atoms with Gasteiger partial charge in [-0.25, -0.2) is 0 Å². The number of fused-ring (bicyclic) bond motifs is 1. The van der Waals surface area contributed by atoms with Crippen LogP contribution in [-0.2, 0) is 17.9 Å². The van der Waals surface area contributed by atoms with Crippen molar-refractivity contribution in [3.05, 3.63) is 53.9 Å². The first-order valence-corrected chi connectivity index (χ1v) is 9.01. The number of pyridine rings is 1. The van der Waals surface area contributed by atoms with Gasteiger partial charge in [-0.2, -0.15) is 0 Å². The summed E-state index contributed by atoms with van der Waals surface area (Å²) in [6, 6.07) is 9.85. The molecule has 2 N–H and O–H groups in total. The second-order valence-electron chi connectivity index (χ2n) is 7.01. The van der Waals surface area contributed by atoms with E-state index in [9.17, 15) is 4.79 Å². The molecule has 1 aromatic heterocycles. The molecular weight excluding hydrogens is 330 g/mol. The molecule has 0 bridgehead atoms. The molecule has 0 spiro atoms. The summed E-state index contributed by atoms with van der Waals surface area (Å²) in [5, 5.41) is 0. The normalized spacial score (nSPS) is 21.0. The Morgan fingerprint density at radius 2 is 2.00 bits per heavy atom. The smallest absolute Gasteiger partial charge is 0.231 e. The predicted molar refractivity (Wildman–Crippen MR) is 96.4 cm³/mol. The second-order valence-corrected chi connectivity index (χ2v) is 7.01. The van der Waals surface area contributed by atoms with Crippen molar-refractivity contribution in [1.82, 2.24) is 9.88 Å². The molecule has 1 aliphatic heterocycles. The predicted octanol–water partition coefficient (Wildman–Crippen LogP) is 2.47. The average molecular weight is 353 g/mol. The molecule has 0 unspecified atom stereocenters. The highest BCUT2D eigenvalue weighted by atomic mass is 16.7. The standard InChI is InChI=1S/C20H23N3O3/c21-17-5-4-16(9-17)20(24)23(12-15-2-1-7-22-10-15)11-14-3-6-18-19(8-14)26-13-25-18/h1-3,6-8,10,16-17H,4-5,9,11-13,21H2/t16-,17+/m0/s1. The van der Waals surface area contributed by atoms with Gasteiger partial charge in [0.05, 0.1) is 0 Å². The molecule has 2 aromatic rings. The zero-order valence-corrected chi connectivity index (χ0v) is 14.6. The molecule has 0 radical (unpaired) electrons. The summed E-state index contributed by atoms with van der Waals surface area (Å²) in [7, 11) is 0. The number of nitrogens with zero attached hydrogens (tertiary/aromatic N) is 2. The van der Waals surface area contributed by atoms with E-state index in [4.69, 9.17) is 15.2 Å². The van der Waals surface area contributed by atoms with E-state index in [1.807, 2.05) is 35.2 Å². The van der Waals surface area contributed by atoms with Gasteiger partial charge >= 0.3 is 0 Å². The molecule has 2 atom stereocenters. The maximum Gasteiger partial charge on any atom is 0.231 e. The van der Waals surface area contributed by atoms with E-state index in [0.29, 0.717) is 13.1 Å². The van der Waals surface area contributed by atoms with Gasteiger partial charge in [0, 0.05) is 37.4 Å². The topological polar surface area (TPSA) is 77.7 Å². The fourth-order valence-corrected chi connectivity index (χ4v) is 3.68. The lowest BCUT2D eigenvalue weighted by Crippen LogP contribution is -2.35. The molecule has 1 amide bonds. The minimum Gasteiger partial charge on any atom is -0.454 e. The number of hydrogen-bond donors (Lipinski definition) is 1. The molecule has 6 nitrogen and oxygen atoms in total. The zero-order valence-electron chi connectivity index (χ0n) is 14.6. The summed E-state index contributed by atoms with van der Waals surface area (Å²) in [5.41, 5.74) is 8.06. The van der Waals surface area contributed by atoms with Crippen molar-refractivity contribution in [2.45, 2.75) is 38.4 Å². The van der Waals surface area contributed by atoms with Crippen molar-refractivity contribution in [3.63, 3.8) is 0 Å². The van der Waals surface area contributed by atoms with Gasteiger partial charge < -0.3 is 20.1 Å². The number of carbonyl (C=O) groups is 1. The molecule has 6 heteroatoms. The van der Waals surface area contributed by atoms with E-state index >= 15 is 0 Å². The number of nitrogens with two attached hydrogens (primary N) is 1. The molecule has 0 saturated heterocycles. The second kappa shape index (κ2) is 7.33. The van der Waals surface area contributed by atoms with Gasteiger partial charge in [-0.15, -0.1) is 0 Å². The fourth-order valence-electron chi connectivity index (χ4n) is 3.68. The Morgan fingerprint density at radius 3 is 2.77 bits per heavy atom. The van der Waals surface area contributed by atoms with Crippen molar-refractivity contribution in [3.8, 4) is 11.5 Å². The molecule has 1 fully saturated rings. The molecule has 4 rings (SSSR count). The Hall–Kier alpha value is -2.60. The van der Waals surface area contributed by atoms with Crippen molar-refractivity contribution >= 4 is 5.91 Å². The number of ether oxygens (including phenoxy) is 2. The van der Waals surface area contributed by atoms with Gasteiger partial charge in [0.25, 0.3) is 0 Å². The summed E-state index contributed by atoms with van der Waals surface area (Å²) in [4.78, 5) is 19.2. The number of aromatic nitrogens is 1. The SMILES string of the molecule is N[C@@H]1CC[C@H](C(=O)N(Cc2cccnc2)Cc2ccc3c(c2)OCO3)C1. The first-order valence-electron chi connectivity index (χ1n) is 9.01. The van der Waals surface area contributed by atoms with Crippen molar-refractivity contribution in [2.75, 3.05) is 6.79 Å². The first kappa shape index (κ1) is 16.8. The first-order chi connectivity index (χ1) is 12.7. The van der Waals surface area contributed by atoms with Crippen LogP contribution in [-0.4, -0.2) is 28.6 Å². The van der Waals surface area contributed by atoms with Crippen LogP contribution in [0.3, 0.4) is 0 Å². The van der Waals surface area contributed by atoms with Crippen LogP contribution in [0.2, 0.25) is 0 Å². The maximum atomic E-state index is 13.1.